The molecule has 152 valence electrons. The molecule has 4 heteroatoms. The number of fused-ring (bicyclic) bond motifs is 1. The number of allylic oxidation sites excluding steroid dienone is 1. The summed E-state index contributed by atoms with van der Waals surface area (Å²) in [6.07, 6.45) is 6.54. The van der Waals surface area contributed by atoms with Crippen molar-refractivity contribution >= 4 is 28.0 Å². The van der Waals surface area contributed by atoms with E-state index in [1.54, 1.807) is 0 Å². The zero-order chi connectivity index (χ0) is 20.5. The molecular weight excluding hydrogens is 390 g/mol. The van der Waals surface area contributed by atoms with Gasteiger partial charge in [0.25, 0.3) is 0 Å². The van der Waals surface area contributed by atoms with Gasteiger partial charge < -0.3 is 10.4 Å². The Hall–Kier alpha value is -2.85. The monoisotopic (exact) mass is 415 g/mol. The Balaban J connectivity index is 1.56. The largest absolute Gasteiger partial charge is 0.478 e. The summed E-state index contributed by atoms with van der Waals surface area (Å²) in [5.41, 5.74) is 7.64. The van der Waals surface area contributed by atoms with Gasteiger partial charge in [0.2, 0.25) is 0 Å². The number of carboxylic acids is 1. The van der Waals surface area contributed by atoms with E-state index in [0.717, 1.165) is 47.5 Å². The predicted octanol–water partition coefficient (Wildman–Crippen LogP) is 6.92. The van der Waals surface area contributed by atoms with E-state index >= 15 is 0 Å². The molecule has 1 unspecified atom stereocenters. The molecule has 0 bridgehead atoms. The maximum Gasteiger partial charge on any atom is 0.339 e. The Morgan fingerprint density at radius 1 is 0.933 bits per heavy atom. The molecule has 5 rings (SSSR count). The minimum absolute atomic E-state index is 0.165. The van der Waals surface area contributed by atoms with Gasteiger partial charge in [-0.15, -0.1) is 11.3 Å². The highest BCUT2D eigenvalue weighted by molar-refractivity contribution is 7.14. The predicted molar refractivity (Wildman–Crippen MR) is 123 cm³/mol. The zero-order valence-electron chi connectivity index (χ0n) is 16.9. The summed E-state index contributed by atoms with van der Waals surface area (Å²) in [5, 5.41) is 16.5. The summed E-state index contributed by atoms with van der Waals surface area (Å²) < 4.78 is 0. The lowest BCUT2D eigenvalue weighted by Gasteiger charge is -2.16. The van der Waals surface area contributed by atoms with Gasteiger partial charge in [-0.2, -0.15) is 0 Å². The van der Waals surface area contributed by atoms with E-state index in [9.17, 15) is 9.90 Å². The maximum atomic E-state index is 12.4. The number of hydrogen-bond donors (Lipinski definition) is 2. The van der Waals surface area contributed by atoms with Crippen LogP contribution in [-0.2, 0) is 6.42 Å². The number of carbonyl (C=O) groups is 1. The Kier molecular flexibility index (Phi) is 5.17. The standard InChI is InChI=1S/C26H25NO2S/c28-26(29)23-22(21-15-14-17-8-6-7-13-20(17)21)16-30-25(23)27-24(19-11-4-5-12-19)18-9-2-1-3-10-18/h1-3,6-10,13,16,21,27H,4-5,11-12,14-15H2,(H,28,29). The second-order valence-corrected chi connectivity index (χ2v) is 9.05. The van der Waals surface area contributed by atoms with Crippen LogP contribution < -0.4 is 5.32 Å². The number of nitrogens with one attached hydrogen (secondary N) is 1. The van der Waals surface area contributed by atoms with Gasteiger partial charge >= 0.3 is 5.97 Å². The highest BCUT2D eigenvalue weighted by atomic mass is 32.1. The topological polar surface area (TPSA) is 49.3 Å². The maximum absolute atomic E-state index is 12.4. The van der Waals surface area contributed by atoms with E-state index < -0.39 is 5.97 Å². The summed E-state index contributed by atoms with van der Waals surface area (Å²) >= 11 is 1.52. The van der Waals surface area contributed by atoms with Crippen molar-refractivity contribution in [2.24, 2.45) is 0 Å². The SMILES string of the molecule is O=C(O)c1c(C2CCc3ccccc32)csc1NC(=C1CCCC1)c1ccccc1. The van der Waals surface area contributed by atoms with E-state index in [1.807, 2.05) is 18.2 Å². The molecule has 30 heavy (non-hydrogen) atoms. The van der Waals surface area contributed by atoms with Gasteiger partial charge in [0.1, 0.15) is 5.00 Å². The number of thiophene rings is 1. The Bertz CT molecular complexity index is 1110. The normalized spacial score (nSPS) is 17.7. The number of benzene rings is 2. The number of hydrogen-bond acceptors (Lipinski definition) is 3. The molecule has 0 spiro atoms. The Labute approximate surface area is 181 Å². The molecule has 1 atom stereocenters. The number of rotatable bonds is 5. The summed E-state index contributed by atoms with van der Waals surface area (Å²) in [4.78, 5) is 12.4. The number of carboxylic acid groups (broad SMARTS) is 1. The van der Waals surface area contributed by atoms with Crippen LogP contribution in [0.25, 0.3) is 5.70 Å². The fourth-order valence-electron chi connectivity index (χ4n) is 4.96. The molecule has 2 aromatic carbocycles. The van der Waals surface area contributed by atoms with Gasteiger partial charge in [-0.05, 0) is 71.7 Å². The molecule has 2 N–H and O–H groups in total. The molecule has 1 saturated carbocycles. The van der Waals surface area contributed by atoms with Crippen LogP contribution in [-0.4, -0.2) is 11.1 Å². The fourth-order valence-corrected chi connectivity index (χ4v) is 5.97. The molecule has 2 aliphatic rings. The van der Waals surface area contributed by atoms with Crippen molar-refractivity contribution in [1.29, 1.82) is 0 Å². The first-order valence-corrected chi connectivity index (χ1v) is 11.6. The first kappa shape index (κ1) is 19.1. The lowest BCUT2D eigenvalue weighted by atomic mass is 9.92. The third-order valence-corrected chi connectivity index (χ3v) is 7.32. The van der Waals surface area contributed by atoms with Gasteiger partial charge in [-0.1, -0.05) is 54.6 Å². The van der Waals surface area contributed by atoms with E-state index in [4.69, 9.17) is 0 Å². The van der Waals surface area contributed by atoms with Gasteiger partial charge in [0.05, 0.1) is 5.56 Å². The van der Waals surface area contributed by atoms with Crippen LogP contribution >= 0.6 is 11.3 Å². The van der Waals surface area contributed by atoms with Crippen LogP contribution in [0.1, 0.15) is 70.6 Å². The van der Waals surface area contributed by atoms with Gasteiger partial charge in [0, 0.05) is 11.6 Å². The van der Waals surface area contributed by atoms with Crippen molar-refractivity contribution in [3.8, 4) is 0 Å². The van der Waals surface area contributed by atoms with Crippen molar-refractivity contribution < 1.29 is 9.90 Å². The minimum Gasteiger partial charge on any atom is -0.478 e. The summed E-state index contributed by atoms with van der Waals surface area (Å²) in [5.74, 6) is -0.680. The average Bonchev–Trinajstić information content (AvgIpc) is 3.51. The first-order valence-electron chi connectivity index (χ1n) is 10.7. The van der Waals surface area contributed by atoms with E-state index in [1.165, 1.54) is 40.9 Å². The third-order valence-electron chi connectivity index (χ3n) is 6.40. The van der Waals surface area contributed by atoms with Crippen molar-refractivity contribution in [3.63, 3.8) is 0 Å². The first-order chi connectivity index (χ1) is 14.7. The van der Waals surface area contributed by atoms with Crippen LogP contribution in [0.15, 0.2) is 65.6 Å². The Morgan fingerprint density at radius 2 is 1.67 bits per heavy atom. The van der Waals surface area contributed by atoms with E-state index in [0.29, 0.717) is 5.56 Å². The second-order valence-electron chi connectivity index (χ2n) is 8.17. The number of anilines is 1. The quantitative estimate of drug-likeness (QED) is 0.475. The summed E-state index contributed by atoms with van der Waals surface area (Å²) in [6.45, 7) is 0. The molecule has 3 nitrogen and oxygen atoms in total. The van der Waals surface area contributed by atoms with Crippen molar-refractivity contribution in [2.75, 3.05) is 5.32 Å². The lowest BCUT2D eigenvalue weighted by molar-refractivity contribution is 0.0697. The van der Waals surface area contributed by atoms with Gasteiger partial charge in [-0.25, -0.2) is 4.79 Å². The highest BCUT2D eigenvalue weighted by Crippen LogP contribution is 2.44. The molecule has 0 aliphatic heterocycles. The molecule has 1 aromatic heterocycles. The highest BCUT2D eigenvalue weighted by Gasteiger charge is 2.30. The van der Waals surface area contributed by atoms with Gasteiger partial charge in [0.15, 0.2) is 0 Å². The number of aromatic carboxylic acids is 1. The van der Waals surface area contributed by atoms with Crippen LogP contribution in [0.3, 0.4) is 0 Å². The molecule has 1 heterocycles. The van der Waals surface area contributed by atoms with Crippen molar-refractivity contribution in [2.45, 2.75) is 44.4 Å². The molecule has 0 saturated heterocycles. The molecular formula is C26H25NO2S. The fraction of sp³-hybridized carbons (Fsp3) is 0.269. The number of aryl methyl sites for hydroxylation is 1. The van der Waals surface area contributed by atoms with E-state index in [-0.39, 0.29) is 5.92 Å². The van der Waals surface area contributed by atoms with Crippen LogP contribution in [0.2, 0.25) is 0 Å². The summed E-state index contributed by atoms with van der Waals surface area (Å²) in [6, 6.07) is 18.8. The smallest absolute Gasteiger partial charge is 0.339 e. The molecule has 1 fully saturated rings. The van der Waals surface area contributed by atoms with Crippen molar-refractivity contribution in [1.82, 2.24) is 0 Å². The van der Waals surface area contributed by atoms with Gasteiger partial charge in [-0.3, -0.25) is 0 Å². The van der Waals surface area contributed by atoms with Crippen LogP contribution in [0.4, 0.5) is 5.00 Å². The minimum atomic E-state index is -0.845. The third kappa shape index (κ3) is 3.46. The average molecular weight is 416 g/mol. The van der Waals surface area contributed by atoms with Crippen LogP contribution in [0.5, 0.6) is 0 Å². The molecule has 3 aromatic rings. The zero-order valence-corrected chi connectivity index (χ0v) is 17.7. The Morgan fingerprint density at radius 3 is 2.43 bits per heavy atom. The molecule has 0 amide bonds. The second kappa shape index (κ2) is 8.11. The molecule has 2 aliphatic carbocycles. The molecule has 0 radical (unpaired) electrons. The summed E-state index contributed by atoms with van der Waals surface area (Å²) in [7, 11) is 0. The van der Waals surface area contributed by atoms with Crippen LogP contribution in [0, 0.1) is 0 Å². The lowest BCUT2D eigenvalue weighted by Crippen LogP contribution is -2.09. The van der Waals surface area contributed by atoms with Crippen molar-refractivity contribution in [3.05, 3.63) is 93.4 Å². The van der Waals surface area contributed by atoms with E-state index in [2.05, 4.69) is 47.1 Å².